The molecule has 1 aliphatic rings. The molecule has 0 radical (unpaired) electrons. The van der Waals surface area contributed by atoms with Gasteiger partial charge in [0.2, 0.25) is 0 Å². The summed E-state index contributed by atoms with van der Waals surface area (Å²) in [5, 5.41) is 18.9. The minimum atomic E-state index is -0.780. The maximum atomic E-state index is 9.85. The molecule has 0 amide bonds. The van der Waals surface area contributed by atoms with Gasteiger partial charge in [0.1, 0.15) is 47.4 Å². The molecule has 1 fully saturated rings. The summed E-state index contributed by atoms with van der Waals surface area (Å²) in [5.74, 6) is 0. The lowest BCUT2D eigenvalue weighted by Crippen LogP contribution is -2.58. The Labute approximate surface area is 97.0 Å². The van der Waals surface area contributed by atoms with Crippen molar-refractivity contribution < 1.29 is 22.8 Å². The number of methoxy groups -OCH3 is 1. The van der Waals surface area contributed by atoms with E-state index in [-0.39, 0.29) is 12.7 Å². The van der Waals surface area contributed by atoms with Crippen LogP contribution in [0.1, 0.15) is 6.92 Å². The Bertz CT molecular complexity index is 179. The SMILES string of the molecule is CO[C@H]1C(CO)O[C@@H](C)C(OI)C1O. The average Bonchev–Trinajstić information content (AvgIpc) is 2.17. The Balaban J connectivity index is 2.72. The summed E-state index contributed by atoms with van der Waals surface area (Å²) in [5.41, 5.74) is 0. The summed E-state index contributed by atoms with van der Waals surface area (Å²) in [6.07, 6.45) is -2.50. The Morgan fingerprint density at radius 2 is 2.07 bits per heavy atom. The second kappa shape index (κ2) is 5.57. The fourth-order valence-corrected chi connectivity index (χ4v) is 2.39. The van der Waals surface area contributed by atoms with E-state index in [2.05, 4.69) is 0 Å². The molecule has 3 unspecified atom stereocenters. The van der Waals surface area contributed by atoms with Crippen LogP contribution in [0.2, 0.25) is 0 Å². The Kier molecular flexibility index (Phi) is 5.01. The van der Waals surface area contributed by atoms with Gasteiger partial charge in [-0.1, -0.05) is 0 Å². The van der Waals surface area contributed by atoms with Crippen molar-refractivity contribution in [1.82, 2.24) is 0 Å². The van der Waals surface area contributed by atoms with Gasteiger partial charge in [-0.2, -0.15) is 0 Å². The van der Waals surface area contributed by atoms with Crippen LogP contribution in [0.25, 0.3) is 0 Å². The van der Waals surface area contributed by atoms with Crippen LogP contribution in [0.5, 0.6) is 0 Å². The van der Waals surface area contributed by atoms with Gasteiger partial charge in [0.15, 0.2) is 0 Å². The van der Waals surface area contributed by atoms with Crippen LogP contribution < -0.4 is 0 Å². The Morgan fingerprint density at radius 3 is 2.50 bits per heavy atom. The lowest BCUT2D eigenvalue weighted by molar-refractivity contribution is -0.219. The van der Waals surface area contributed by atoms with Crippen LogP contribution >= 0.6 is 23.0 Å². The van der Waals surface area contributed by atoms with Crippen molar-refractivity contribution in [2.45, 2.75) is 37.4 Å². The first-order chi connectivity index (χ1) is 6.65. The van der Waals surface area contributed by atoms with Crippen LogP contribution in [0.3, 0.4) is 0 Å². The molecule has 1 saturated heterocycles. The van der Waals surface area contributed by atoms with Gasteiger partial charge >= 0.3 is 0 Å². The topological polar surface area (TPSA) is 68.2 Å². The third kappa shape index (κ3) is 2.37. The van der Waals surface area contributed by atoms with Crippen LogP contribution in [0, 0.1) is 0 Å². The molecule has 6 heteroatoms. The van der Waals surface area contributed by atoms with Crippen molar-refractivity contribution in [2.24, 2.45) is 0 Å². The van der Waals surface area contributed by atoms with Crippen LogP contribution in [0.15, 0.2) is 0 Å². The van der Waals surface area contributed by atoms with E-state index in [0.717, 1.165) is 0 Å². The third-order valence-electron chi connectivity index (χ3n) is 2.45. The molecule has 1 aliphatic heterocycles. The quantitative estimate of drug-likeness (QED) is 0.710. The molecule has 2 N–H and O–H groups in total. The average molecular weight is 318 g/mol. The molecule has 14 heavy (non-hydrogen) atoms. The second-order valence-corrected chi connectivity index (χ2v) is 3.82. The normalized spacial score (nSPS) is 43.9. The van der Waals surface area contributed by atoms with Gasteiger partial charge < -0.3 is 22.8 Å². The molecule has 5 nitrogen and oxygen atoms in total. The first-order valence-corrected chi connectivity index (χ1v) is 5.28. The standard InChI is InChI=1S/C8H15IO5/c1-4-7(14-9)6(11)8(12-2)5(3-10)13-4/h4-8,10-11H,3H2,1-2H3/t4-,5?,6?,7?,8-/m0/s1. The third-order valence-corrected chi connectivity index (χ3v) is 3.03. The highest BCUT2D eigenvalue weighted by atomic mass is 127. The molecule has 5 atom stereocenters. The van der Waals surface area contributed by atoms with E-state index in [1.807, 2.05) is 0 Å². The van der Waals surface area contributed by atoms with E-state index >= 15 is 0 Å². The Morgan fingerprint density at radius 1 is 1.43 bits per heavy atom. The molecule has 84 valence electrons. The van der Waals surface area contributed by atoms with E-state index in [9.17, 15) is 5.11 Å². The highest BCUT2D eigenvalue weighted by Crippen LogP contribution is 2.26. The van der Waals surface area contributed by atoms with Gasteiger partial charge in [0.25, 0.3) is 0 Å². The van der Waals surface area contributed by atoms with Crippen molar-refractivity contribution >= 4 is 23.0 Å². The summed E-state index contributed by atoms with van der Waals surface area (Å²) in [6.45, 7) is 1.62. The van der Waals surface area contributed by atoms with E-state index in [1.165, 1.54) is 7.11 Å². The lowest BCUT2D eigenvalue weighted by atomic mass is 9.96. The number of aliphatic hydroxyl groups is 2. The van der Waals surface area contributed by atoms with Crippen LogP contribution in [0.4, 0.5) is 0 Å². The zero-order valence-corrected chi connectivity index (χ0v) is 10.2. The smallest absolute Gasteiger partial charge is 0.124 e. The van der Waals surface area contributed by atoms with Crippen molar-refractivity contribution in [3.8, 4) is 0 Å². The van der Waals surface area contributed by atoms with Gasteiger partial charge in [-0.3, -0.25) is 0 Å². The van der Waals surface area contributed by atoms with Crippen molar-refractivity contribution in [2.75, 3.05) is 13.7 Å². The van der Waals surface area contributed by atoms with Crippen molar-refractivity contribution in [3.05, 3.63) is 0 Å². The number of hydrogen-bond acceptors (Lipinski definition) is 5. The summed E-state index contributed by atoms with van der Waals surface area (Å²) in [7, 11) is 1.47. The fraction of sp³-hybridized carbons (Fsp3) is 1.00. The summed E-state index contributed by atoms with van der Waals surface area (Å²) in [6, 6.07) is 0. The maximum absolute atomic E-state index is 9.85. The molecule has 0 aromatic carbocycles. The molecular formula is C8H15IO5. The van der Waals surface area contributed by atoms with Gasteiger partial charge in [0.05, 0.1) is 12.7 Å². The van der Waals surface area contributed by atoms with Gasteiger partial charge in [0, 0.05) is 7.11 Å². The summed E-state index contributed by atoms with van der Waals surface area (Å²) in [4.78, 5) is 0. The minimum absolute atomic E-state index is 0.173. The fourth-order valence-electron chi connectivity index (χ4n) is 1.68. The molecule has 1 heterocycles. The molecule has 0 aliphatic carbocycles. The summed E-state index contributed by atoms with van der Waals surface area (Å²) < 4.78 is 15.6. The second-order valence-electron chi connectivity index (χ2n) is 3.31. The van der Waals surface area contributed by atoms with E-state index in [0.29, 0.717) is 0 Å². The molecule has 1 rings (SSSR count). The predicted octanol–water partition coefficient (Wildman–Crippen LogP) is -0.123. The zero-order chi connectivity index (χ0) is 10.7. The largest absolute Gasteiger partial charge is 0.394 e. The molecule has 0 bridgehead atoms. The van der Waals surface area contributed by atoms with Gasteiger partial charge in [-0.25, -0.2) is 0 Å². The molecular weight excluding hydrogens is 303 g/mol. The van der Waals surface area contributed by atoms with Crippen molar-refractivity contribution in [1.29, 1.82) is 0 Å². The number of ether oxygens (including phenoxy) is 2. The molecule has 0 spiro atoms. The predicted molar refractivity (Wildman–Crippen MR) is 57.1 cm³/mol. The van der Waals surface area contributed by atoms with Crippen LogP contribution in [-0.4, -0.2) is 54.4 Å². The highest BCUT2D eigenvalue weighted by Gasteiger charge is 2.44. The molecule has 0 aromatic heterocycles. The highest BCUT2D eigenvalue weighted by molar-refractivity contribution is 14.1. The van der Waals surface area contributed by atoms with Crippen molar-refractivity contribution in [3.63, 3.8) is 0 Å². The number of aliphatic hydroxyl groups excluding tert-OH is 2. The lowest BCUT2D eigenvalue weighted by Gasteiger charge is -2.41. The maximum Gasteiger partial charge on any atom is 0.124 e. The number of rotatable bonds is 3. The van der Waals surface area contributed by atoms with Gasteiger partial charge in [-0.15, -0.1) is 0 Å². The summed E-state index contributed by atoms with van der Waals surface area (Å²) >= 11 is 1.72. The van der Waals surface area contributed by atoms with E-state index < -0.39 is 24.4 Å². The minimum Gasteiger partial charge on any atom is -0.394 e. The van der Waals surface area contributed by atoms with E-state index in [4.69, 9.17) is 17.6 Å². The molecule has 0 saturated carbocycles. The van der Waals surface area contributed by atoms with Gasteiger partial charge in [-0.05, 0) is 6.92 Å². The number of hydrogen-bond donors (Lipinski definition) is 2. The molecule has 0 aromatic rings. The number of halogens is 1. The zero-order valence-electron chi connectivity index (χ0n) is 8.09. The van der Waals surface area contributed by atoms with Crippen LogP contribution in [-0.2, 0) is 12.5 Å². The monoisotopic (exact) mass is 318 g/mol. The Hall–Kier alpha value is 0.530. The first kappa shape index (κ1) is 12.6. The van der Waals surface area contributed by atoms with E-state index in [1.54, 1.807) is 29.9 Å². The first-order valence-electron chi connectivity index (χ1n) is 4.40.